The number of piperidine rings is 1. The lowest BCUT2D eigenvalue weighted by atomic mass is 9.99. The average molecular weight is 320 g/mol. The van der Waals surface area contributed by atoms with Crippen molar-refractivity contribution in [2.24, 2.45) is 0 Å². The van der Waals surface area contributed by atoms with Crippen molar-refractivity contribution < 1.29 is 19.2 Å². The van der Waals surface area contributed by atoms with Gasteiger partial charge in [0, 0.05) is 23.7 Å². The largest absolute Gasteiger partial charge is 0.348 e. The number of likely N-dealkylation sites (tertiary alicyclic amines) is 1. The third kappa shape index (κ3) is 3.20. The van der Waals surface area contributed by atoms with Gasteiger partial charge in [0.2, 0.25) is 0 Å². The van der Waals surface area contributed by atoms with E-state index in [1.54, 1.807) is 24.0 Å². The van der Waals surface area contributed by atoms with E-state index in [0.29, 0.717) is 30.9 Å². The highest BCUT2D eigenvalue weighted by atomic mass is 16.7. The van der Waals surface area contributed by atoms with E-state index in [1.165, 1.54) is 6.07 Å². The molecule has 2 heterocycles. The first-order valence-corrected chi connectivity index (χ1v) is 7.87. The predicted molar refractivity (Wildman–Crippen MR) is 82.2 cm³/mol. The first-order chi connectivity index (χ1) is 11.1. The van der Waals surface area contributed by atoms with Gasteiger partial charge in [0.1, 0.15) is 0 Å². The molecule has 0 saturated carbocycles. The molecule has 0 aromatic heterocycles. The van der Waals surface area contributed by atoms with Crippen LogP contribution in [0.1, 0.15) is 35.2 Å². The molecular weight excluding hydrogens is 300 g/mol. The quantitative estimate of drug-likeness (QED) is 0.630. The van der Waals surface area contributed by atoms with Gasteiger partial charge in [-0.3, -0.25) is 14.9 Å². The summed E-state index contributed by atoms with van der Waals surface area (Å²) in [6, 6.07) is 4.50. The zero-order valence-electron chi connectivity index (χ0n) is 13.1. The second-order valence-corrected chi connectivity index (χ2v) is 5.93. The van der Waals surface area contributed by atoms with E-state index in [0.717, 1.165) is 19.3 Å². The highest BCUT2D eigenvalue weighted by molar-refractivity contribution is 5.95. The van der Waals surface area contributed by atoms with Crippen LogP contribution in [0.4, 0.5) is 5.69 Å². The number of hydrogen-bond donors (Lipinski definition) is 0. The van der Waals surface area contributed by atoms with E-state index in [4.69, 9.17) is 9.47 Å². The number of rotatable bonds is 3. The van der Waals surface area contributed by atoms with Crippen molar-refractivity contribution in [3.05, 3.63) is 39.4 Å². The maximum atomic E-state index is 12.8. The van der Waals surface area contributed by atoms with Crippen LogP contribution in [0.5, 0.6) is 0 Å². The molecule has 1 amide bonds. The summed E-state index contributed by atoms with van der Waals surface area (Å²) in [4.78, 5) is 25.2. The molecule has 2 aliphatic heterocycles. The number of hydrogen-bond acceptors (Lipinski definition) is 5. The van der Waals surface area contributed by atoms with Gasteiger partial charge in [0.05, 0.1) is 24.2 Å². The van der Waals surface area contributed by atoms with Gasteiger partial charge in [0.15, 0.2) is 6.29 Å². The van der Waals surface area contributed by atoms with E-state index in [1.807, 2.05) is 0 Å². The number of benzene rings is 1. The van der Waals surface area contributed by atoms with Gasteiger partial charge in [-0.25, -0.2) is 0 Å². The fourth-order valence-corrected chi connectivity index (χ4v) is 3.20. The van der Waals surface area contributed by atoms with Crippen LogP contribution in [-0.2, 0) is 9.47 Å². The van der Waals surface area contributed by atoms with Crippen molar-refractivity contribution in [1.82, 2.24) is 4.90 Å². The Hall–Kier alpha value is -1.99. The highest BCUT2D eigenvalue weighted by Crippen LogP contribution is 2.27. The summed E-state index contributed by atoms with van der Waals surface area (Å²) >= 11 is 0. The van der Waals surface area contributed by atoms with Crippen LogP contribution >= 0.6 is 0 Å². The van der Waals surface area contributed by atoms with Crippen molar-refractivity contribution in [1.29, 1.82) is 0 Å². The molecule has 1 aromatic carbocycles. The van der Waals surface area contributed by atoms with Crippen molar-refractivity contribution in [2.75, 3.05) is 19.8 Å². The standard InChI is InChI=1S/C16H20N2O5/c1-11-5-6-12(10-14(11)18(20)21)15(19)17-7-3-2-4-13(17)16-22-8-9-23-16/h5-6,10,13,16H,2-4,7-9H2,1H3. The Bertz CT molecular complexity index is 612. The molecule has 2 aliphatic rings. The summed E-state index contributed by atoms with van der Waals surface area (Å²) in [6.45, 7) is 3.36. The molecule has 2 saturated heterocycles. The molecule has 0 bridgehead atoms. The summed E-state index contributed by atoms with van der Waals surface area (Å²) < 4.78 is 11.1. The van der Waals surface area contributed by atoms with E-state index < -0.39 is 4.92 Å². The summed E-state index contributed by atoms with van der Waals surface area (Å²) in [5, 5.41) is 11.1. The smallest absolute Gasteiger partial charge is 0.273 e. The van der Waals surface area contributed by atoms with Crippen LogP contribution in [0.15, 0.2) is 18.2 Å². The Morgan fingerprint density at radius 1 is 1.30 bits per heavy atom. The molecule has 1 aromatic rings. The third-order valence-corrected chi connectivity index (χ3v) is 4.42. The zero-order chi connectivity index (χ0) is 16.4. The fraction of sp³-hybridized carbons (Fsp3) is 0.562. The minimum Gasteiger partial charge on any atom is -0.348 e. The maximum absolute atomic E-state index is 12.8. The van der Waals surface area contributed by atoms with Crippen molar-refractivity contribution in [2.45, 2.75) is 38.5 Å². The van der Waals surface area contributed by atoms with Crippen LogP contribution in [-0.4, -0.2) is 47.8 Å². The second kappa shape index (κ2) is 6.64. The highest BCUT2D eigenvalue weighted by Gasteiger charge is 2.36. The van der Waals surface area contributed by atoms with E-state index >= 15 is 0 Å². The minimum absolute atomic E-state index is 0.0298. The fourth-order valence-electron chi connectivity index (χ4n) is 3.20. The molecule has 7 heteroatoms. The number of amides is 1. The number of carbonyl (C=O) groups excluding carboxylic acids is 1. The Labute approximate surface area is 134 Å². The Balaban J connectivity index is 1.85. The Morgan fingerprint density at radius 3 is 2.74 bits per heavy atom. The maximum Gasteiger partial charge on any atom is 0.273 e. The van der Waals surface area contributed by atoms with Gasteiger partial charge >= 0.3 is 0 Å². The summed E-state index contributed by atoms with van der Waals surface area (Å²) in [6.07, 6.45) is 2.37. The first kappa shape index (κ1) is 15.9. The lowest BCUT2D eigenvalue weighted by Crippen LogP contribution is -2.50. The molecule has 7 nitrogen and oxygen atoms in total. The molecule has 124 valence electrons. The minimum atomic E-state index is -0.455. The van der Waals surface area contributed by atoms with E-state index in [-0.39, 0.29) is 23.9 Å². The molecule has 0 N–H and O–H groups in total. The zero-order valence-corrected chi connectivity index (χ0v) is 13.1. The SMILES string of the molecule is Cc1ccc(C(=O)N2CCCCC2C2OCCO2)cc1[N+](=O)[O-]. The number of nitrogens with zero attached hydrogens (tertiary/aromatic N) is 2. The van der Waals surface area contributed by atoms with Crippen molar-refractivity contribution in [3.8, 4) is 0 Å². The second-order valence-electron chi connectivity index (χ2n) is 5.93. The lowest BCUT2D eigenvalue weighted by molar-refractivity contribution is -0.385. The lowest BCUT2D eigenvalue weighted by Gasteiger charge is -2.38. The van der Waals surface area contributed by atoms with Gasteiger partial charge in [-0.05, 0) is 32.3 Å². The number of nitro benzene ring substituents is 1. The molecule has 0 spiro atoms. The molecule has 0 aliphatic carbocycles. The van der Waals surface area contributed by atoms with Crippen LogP contribution in [0.3, 0.4) is 0 Å². The Morgan fingerprint density at radius 2 is 2.04 bits per heavy atom. The van der Waals surface area contributed by atoms with Gasteiger partial charge in [0.25, 0.3) is 11.6 Å². The van der Waals surface area contributed by atoms with Crippen LogP contribution in [0.2, 0.25) is 0 Å². The summed E-state index contributed by atoms with van der Waals surface area (Å²) in [7, 11) is 0. The molecular formula is C16H20N2O5. The average Bonchev–Trinajstić information content (AvgIpc) is 3.08. The summed E-state index contributed by atoms with van der Waals surface area (Å²) in [5.41, 5.74) is 0.856. The predicted octanol–water partition coefficient (Wildman–Crippen LogP) is 2.27. The molecule has 0 radical (unpaired) electrons. The molecule has 2 fully saturated rings. The van der Waals surface area contributed by atoms with Gasteiger partial charge in [-0.15, -0.1) is 0 Å². The van der Waals surface area contributed by atoms with E-state index in [2.05, 4.69) is 0 Å². The molecule has 23 heavy (non-hydrogen) atoms. The normalized spacial score (nSPS) is 22.3. The van der Waals surface area contributed by atoms with Crippen molar-refractivity contribution in [3.63, 3.8) is 0 Å². The van der Waals surface area contributed by atoms with Gasteiger partial charge in [-0.2, -0.15) is 0 Å². The molecule has 1 unspecified atom stereocenters. The van der Waals surface area contributed by atoms with Gasteiger partial charge in [-0.1, -0.05) is 6.07 Å². The van der Waals surface area contributed by atoms with Crippen molar-refractivity contribution >= 4 is 11.6 Å². The number of aryl methyl sites for hydroxylation is 1. The first-order valence-electron chi connectivity index (χ1n) is 7.87. The topological polar surface area (TPSA) is 81.9 Å². The van der Waals surface area contributed by atoms with Crippen LogP contribution < -0.4 is 0 Å². The number of ether oxygens (including phenoxy) is 2. The van der Waals surface area contributed by atoms with E-state index in [9.17, 15) is 14.9 Å². The molecule has 1 atom stereocenters. The van der Waals surface area contributed by atoms with Crippen LogP contribution in [0.25, 0.3) is 0 Å². The third-order valence-electron chi connectivity index (χ3n) is 4.42. The number of nitro groups is 1. The number of carbonyl (C=O) groups is 1. The van der Waals surface area contributed by atoms with Gasteiger partial charge < -0.3 is 14.4 Å². The molecule has 3 rings (SSSR count). The van der Waals surface area contributed by atoms with Crippen LogP contribution in [0, 0.1) is 17.0 Å². The summed E-state index contributed by atoms with van der Waals surface area (Å²) in [5.74, 6) is -0.197. The monoisotopic (exact) mass is 320 g/mol. The Kier molecular flexibility index (Phi) is 4.58.